The van der Waals surface area contributed by atoms with Crippen molar-refractivity contribution in [3.8, 4) is 0 Å². The van der Waals surface area contributed by atoms with Crippen LogP contribution >= 0.6 is 11.3 Å². The van der Waals surface area contributed by atoms with Gasteiger partial charge in [0.25, 0.3) is 0 Å². The van der Waals surface area contributed by atoms with E-state index in [-0.39, 0.29) is 11.8 Å². The number of likely N-dealkylation sites (tertiary alicyclic amines) is 1. The molecule has 9 heteroatoms. The molecule has 1 unspecified atom stereocenters. The van der Waals surface area contributed by atoms with Gasteiger partial charge in [-0.2, -0.15) is 5.10 Å². The first-order valence-corrected chi connectivity index (χ1v) is 10.3. The number of hydrogen-bond donors (Lipinski definition) is 1. The lowest BCUT2D eigenvalue weighted by molar-refractivity contribution is -0.124. The van der Waals surface area contributed by atoms with Crippen molar-refractivity contribution in [2.75, 3.05) is 18.4 Å². The molecule has 1 fully saturated rings. The Morgan fingerprint density at radius 3 is 2.93 bits per heavy atom. The number of anilines is 2. The van der Waals surface area contributed by atoms with Crippen LogP contribution in [0.1, 0.15) is 34.4 Å². The molecule has 0 saturated carbocycles. The fraction of sp³-hybridized carbons (Fsp3) is 0.350. The van der Waals surface area contributed by atoms with E-state index >= 15 is 0 Å². The van der Waals surface area contributed by atoms with Gasteiger partial charge in [-0.1, -0.05) is 0 Å². The van der Waals surface area contributed by atoms with Gasteiger partial charge in [0.2, 0.25) is 5.91 Å². The number of aromatic nitrogens is 5. The maximum Gasteiger partial charge on any atom is 0.246 e. The molecule has 29 heavy (non-hydrogen) atoms. The lowest BCUT2D eigenvalue weighted by atomic mass is 10.0. The number of rotatable bonds is 5. The fourth-order valence-electron chi connectivity index (χ4n) is 3.40. The predicted molar refractivity (Wildman–Crippen MR) is 113 cm³/mol. The van der Waals surface area contributed by atoms with Crippen molar-refractivity contribution in [3.63, 3.8) is 0 Å². The molecule has 1 aliphatic heterocycles. The van der Waals surface area contributed by atoms with Gasteiger partial charge in [0.05, 0.1) is 11.4 Å². The summed E-state index contributed by atoms with van der Waals surface area (Å²) in [7, 11) is 1.85. The van der Waals surface area contributed by atoms with E-state index in [1.165, 1.54) is 0 Å². The highest BCUT2D eigenvalue weighted by Crippen LogP contribution is 2.29. The molecule has 0 aliphatic carbocycles. The highest BCUT2D eigenvalue weighted by Gasteiger charge is 2.27. The van der Waals surface area contributed by atoms with E-state index in [4.69, 9.17) is 0 Å². The Kier molecular flexibility index (Phi) is 5.39. The van der Waals surface area contributed by atoms with Crippen molar-refractivity contribution < 1.29 is 4.79 Å². The highest BCUT2D eigenvalue weighted by atomic mass is 32.1. The van der Waals surface area contributed by atoms with Gasteiger partial charge < -0.3 is 10.2 Å². The first-order chi connectivity index (χ1) is 14.0. The minimum Gasteiger partial charge on any atom is -0.338 e. The lowest BCUT2D eigenvalue weighted by Gasteiger charge is -2.15. The number of nitrogens with zero attached hydrogens (tertiary/aromatic N) is 6. The molecule has 3 aromatic rings. The molecule has 1 amide bonds. The summed E-state index contributed by atoms with van der Waals surface area (Å²) < 4.78 is 1.73. The second kappa shape index (κ2) is 8.12. The summed E-state index contributed by atoms with van der Waals surface area (Å²) in [6.07, 6.45) is 7.85. The predicted octanol–water partition coefficient (Wildman–Crippen LogP) is 3.06. The van der Waals surface area contributed by atoms with Crippen LogP contribution in [-0.2, 0) is 11.8 Å². The van der Waals surface area contributed by atoms with Gasteiger partial charge in [-0.15, -0.1) is 11.3 Å². The van der Waals surface area contributed by atoms with Crippen LogP contribution in [0.25, 0.3) is 6.08 Å². The maximum absolute atomic E-state index is 12.6. The van der Waals surface area contributed by atoms with Gasteiger partial charge in [-0.05, 0) is 32.4 Å². The van der Waals surface area contributed by atoms with Crippen molar-refractivity contribution >= 4 is 34.3 Å². The molecule has 8 nitrogen and oxygen atoms in total. The van der Waals surface area contributed by atoms with Crippen LogP contribution in [0.15, 0.2) is 30.6 Å². The molecule has 0 radical (unpaired) electrons. The zero-order valence-corrected chi connectivity index (χ0v) is 17.5. The smallest absolute Gasteiger partial charge is 0.246 e. The number of thiazole rings is 1. The molecule has 1 N–H and O–H groups in total. The number of amides is 1. The van der Waals surface area contributed by atoms with E-state index in [0.717, 1.165) is 40.2 Å². The largest absolute Gasteiger partial charge is 0.338 e. The average molecular weight is 410 g/mol. The Bertz CT molecular complexity index is 1050. The number of carbonyl (C=O) groups excluding carboxylic acids is 1. The van der Waals surface area contributed by atoms with E-state index in [2.05, 4.69) is 25.4 Å². The third-order valence-corrected chi connectivity index (χ3v) is 5.72. The minimum atomic E-state index is 0.0103. The van der Waals surface area contributed by atoms with E-state index < -0.39 is 0 Å². The Hall–Kier alpha value is -3.07. The molecular formula is C20H23N7OS. The molecule has 3 aromatic heterocycles. The molecular weight excluding hydrogens is 386 g/mol. The monoisotopic (exact) mass is 409 g/mol. The van der Waals surface area contributed by atoms with Gasteiger partial charge in [0.15, 0.2) is 5.13 Å². The molecule has 4 heterocycles. The molecule has 150 valence electrons. The summed E-state index contributed by atoms with van der Waals surface area (Å²) in [6.45, 7) is 5.28. The Labute approximate surface area is 173 Å². The fourth-order valence-corrected chi connectivity index (χ4v) is 4.07. The summed E-state index contributed by atoms with van der Waals surface area (Å²) in [5.74, 6) is 1.65. The van der Waals surface area contributed by atoms with Crippen LogP contribution in [-0.4, -0.2) is 48.6 Å². The maximum atomic E-state index is 12.6. The summed E-state index contributed by atoms with van der Waals surface area (Å²) in [5.41, 5.74) is 1.85. The first kappa shape index (κ1) is 19.3. The molecule has 0 aromatic carbocycles. The number of hydrogen-bond acceptors (Lipinski definition) is 7. The average Bonchev–Trinajstić information content (AvgIpc) is 3.41. The zero-order valence-electron chi connectivity index (χ0n) is 16.7. The molecule has 1 atom stereocenters. The second-order valence-corrected chi connectivity index (χ2v) is 8.34. The van der Waals surface area contributed by atoms with Crippen molar-refractivity contribution in [2.45, 2.75) is 26.2 Å². The summed E-state index contributed by atoms with van der Waals surface area (Å²) >= 11 is 1.59. The van der Waals surface area contributed by atoms with Gasteiger partial charge in [0, 0.05) is 55.5 Å². The number of nitrogens with one attached hydrogen (secondary N) is 1. The van der Waals surface area contributed by atoms with Gasteiger partial charge >= 0.3 is 0 Å². The van der Waals surface area contributed by atoms with Gasteiger partial charge in [-0.25, -0.2) is 15.0 Å². The first-order valence-electron chi connectivity index (χ1n) is 9.48. The van der Waals surface area contributed by atoms with Crippen LogP contribution < -0.4 is 5.32 Å². The second-order valence-electron chi connectivity index (χ2n) is 7.11. The molecule has 1 aliphatic rings. The lowest BCUT2D eigenvalue weighted by Crippen LogP contribution is -2.26. The third kappa shape index (κ3) is 4.51. The van der Waals surface area contributed by atoms with Gasteiger partial charge in [0.1, 0.15) is 11.6 Å². The summed E-state index contributed by atoms with van der Waals surface area (Å²) in [5, 5.41) is 8.18. The van der Waals surface area contributed by atoms with E-state index in [0.29, 0.717) is 12.4 Å². The standard InChI is InChI=1S/C20H23N7OS/c1-13-11-21-20(29-13)25-18-10-17(23-14(2)24-18)15-7-9-27(12-15)19(28)5-4-16-6-8-22-26(16)3/h4-6,8,10-11,15H,7,9,12H2,1-3H3,(H,21,23,24,25)/b5-4+. The Morgan fingerprint density at radius 1 is 1.34 bits per heavy atom. The van der Waals surface area contributed by atoms with Crippen LogP contribution in [0.3, 0.4) is 0 Å². The Balaban J connectivity index is 1.43. The molecule has 0 spiro atoms. The SMILES string of the molecule is Cc1nc(Nc2ncc(C)s2)cc(C2CCN(C(=O)/C=C/c3ccnn3C)C2)n1. The molecule has 0 bridgehead atoms. The van der Waals surface area contributed by atoms with Crippen LogP contribution in [0.4, 0.5) is 10.9 Å². The van der Waals surface area contributed by atoms with Crippen LogP contribution in [0.5, 0.6) is 0 Å². The summed E-state index contributed by atoms with van der Waals surface area (Å²) in [4.78, 5) is 29.0. The van der Waals surface area contributed by atoms with E-state index in [1.54, 1.807) is 34.4 Å². The van der Waals surface area contributed by atoms with Crippen molar-refractivity contribution in [3.05, 3.63) is 52.7 Å². The third-order valence-electron chi connectivity index (χ3n) is 4.89. The van der Waals surface area contributed by atoms with E-state index in [9.17, 15) is 4.79 Å². The van der Waals surface area contributed by atoms with Gasteiger partial charge in [-0.3, -0.25) is 9.48 Å². The minimum absolute atomic E-state index is 0.0103. The quantitative estimate of drug-likeness (QED) is 0.652. The summed E-state index contributed by atoms with van der Waals surface area (Å²) in [6, 6.07) is 3.84. The normalized spacial score (nSPS) is 16.7. The highest BCUT2D eigenvalue weighted by molar-refractivity contribution is 7.15. The zero-order chi connectivity index (χ0) is 20.4. The molecule has 1 saturated heterocycles. The van der Waals surface area contributed by atoms with E-state index in [1.807, 2.05) is 44.1 Å². The van der Waals surface area contributed by atoms with Crippen LogP contribution in [0, 0.1) is 13.8 Å². The molecule has 4 rings (SSSR count). The number of aryl methyl sites for hydroxylation is 3. The number of carbonyl (C=O) groups is 1. The van der Waals surface area contributed by atoms with Crippen molar-refractivity contribution in [1.82, 2.24) is 29.6 Å². The van der Waals surface area contributed by atoms with Crippen LogP contribution in [0.2, 0.25) is 0 Å². The van der Waals surface area contributed by atoms with Crippen molar-refractivity contribution in [1.29, 1.82) is 0 Å². The van der Waals surface area contributed by atoms with Crippen molar-refractivity contribution in [2.24, 2.45) is 7.05 Å². The Morgan fingerprint density at radius 2 is 2.21 bits per heavy atom. The topological polar surface area (TPSA) is 88.8 Å².